The van der Waals surface area contributed by atoms with Gasteiger partial charge in [-0.05, 0) is 88.4 Å². The zero-order valence-corrected chi connectivity index (χ0v) is 22.4. The molecule has 8 heteroatoms. The average Bonchev–Trinajstić information content (AvgIpc) is 2.91. The van der Waals surface area contributed by atoms with Gasteiger partial charge in [0.15, 0.2) is 0 Å². The molecule has 1 aliphatic rings. The van der Waals surface area contributed by atoms with Crippen molar-refractivity contribution in [3.63, 3.8) is 0 Å². The number of ether oxygens (including phenoxy) is 2. The molecule has 0 radical (unpaired) electrons. The van der Waals surface area contributed by atoms with Crippen LogP contribution in [0, 0.1) is 11.7 Å². The van der Waals surface area contributed by atoms with E-state index in [9.17, 15) is 14.0 Å². The Kier molecular flexibility index (Phi) is 9.46. The minimum Gasteiger partial charge on any atom is -0.457 e. The zero-order chi connectivity index (χ0) is 26.9. The third-order valence-corrected chi connectivity index (χ3v) is 6.51. The van der Waals surface area contributed by atoms with Crippen LogP contribution in [0.5, 0.6) is 11.5 Å². The second-order valence-electron chi connectivity index (χ2n) is 8.99. The number of hydrogen-bond acceptors (Lipinski definition) is 4. The highest BCUT2D eigenvalue weighted by atomic mass is 79.9. The lowest BCUT2D eigenvalue weighted by Gasteiger charge is -2.20. The van der Waals surface area contributed by atoms with Crippen molar-refractivity contribution in [1.82, 2.24) is 5.32 Å². The van der Waals surface area contributed by atoms with Crippen molar-refractivity contribution in [1.29, 1.82) is 0 Å². The van der Waals surface area contributed by atoms with Gasteiger partial charge in [0.05, 0.1) is 18.8 Å². The Hall–Kier alpha value is -3.75. The first-order valence-electron chi connectivity index (χ1n) is 12.2. The Morgan fingerprint density at radius 3 is 2.53 bits per heavy atom. The molecule has 0 saturated heterocycles. The third-order valence-electron chi connectivity index (χ3n) is 5.82. The summed E-state index contributed by atoms with van der Waals surface area (Å²) >= 11 is 3.27. The summed E-state index contributed by atoms with van der Waals surface area (Å²) in [5.74, 6) is 0.109. The lowest BCUT2D eigenvalue weighted by Crippen LogP contribution is -2.47. The molecule has 0 aliphatic heterocycles. The summed E-state index contributed by atoms with van der Waals surface area (Å²) in [5, 5.41) is 5.49. The summed E-state index contributed by atoms with van der Waals surface area (Å²) in [6.45, 7) is 2.39. The second kappa shape index (κ2) is 13.2. The van der Waals surface area contributed by atoms with Gasteiger partial charge in [0, 0.05) is 10.2 Å². The summed E-state index contributed by atoms with van der Waals surface area (Å²) in [4.78, 5) is 26.1. The van der Waals surface area contributed by atoms with Crippen LogP contribution in [0.25, 0.3) is 0 Å². The molecule has 2 unspecified atom stereocenters. The van der Waals surface area contributed by atoms with Gasteiger partial charge in [-0.1, -0.05) is 43.4 Å². The Labute approximate surface area is 229 Å². The number of anilines is 1. The Bertz CT molecular complexity index is 1330. The first kappa shape index (κ1) is 27.3. The number of hydrogen-bond donors (Lipinski definition) is 2. The van der Waals surface area contributed by atoms with Crippen LogP contribution in [0.15, 0.2) is 101 Å². The van der Waals surface area contributed by atoms with Crippen molar-refractivity contribution in [3.05, 3.63) is 112 Å². The molecule has 0 saturated carbocycles. The van der Waals surface area contributed by atoms with E-state index in [4.69, 9.17) is 9.47 Å². The normalized spacial score (nSPS) is 15.3. The Morgan fingerprint density at radius 1 is 1.05 bits per heavy atom. The van der Waals surface area contributed by atoms with Gasteiger partial charge in [-0.3, -0.25) is 9.59 Å². The first-order valence-corrected chi connectivity index (χ1v) is 13.0. The Balaban J connectivity index is 1.43. The van der Waals surface area contributed by atoms with Gasteiger partial charge in [-0.2, -0.15) is 0 Å². The highest BCUT2D eigenvalue weighted by Gasteiger charge is 2.24. The van der Waals surface area contributed by atoms with E-state index in [1.165, 1.54) is 12.1 Å². The predicted octanol–water partition coefficient (Wildman–Crippen LogP) is 6.66. The van der Waals surface area contributed by atoms with Crippen molar-refractivity contribution < 1.29 is 23.5 Å². The number of carbonyl (C=O) groups is 2. The average molecular weight is 579 g/mol. The maximum Gasteiger partial charge on any atom is 0.253 e. The van der Waals surface area contributed by atoms with Crippen LogP contribution in [0.1, 0.15) is 23.7 Å². The molecule has 0 fully saturated rings. The SMILES string of the molecule is CC1C=CC=C(COCC(NC(=O)c2cc(F)ccc2Br)C(=O)Nc2ccc(Oc3ccccc3)cc2)C1. The molecular weight excluding hydrogens is 551 g/mol. The summed E-state index contributed by atoms with van der Waals surface area (Å²) in [5.41, 5.74) is 1.71. The van der Waals surface area contributed by atoms with Gasteiger partial charge in [-0.25, -0.2) is 4.39 Å². The highest BCUT2D eigenvalue weighted by molar-refractivity contribution is 9.10. The number of carbonyl (C=O) groups excluding carboxylic acids is 2. The van der Waals surface area contributed by atoms with Gasteiger partial charge in [0.25, 0.3) is 5.91 Å². The molecule has 38 heavy (non-hydrogen) atoms. The Morgan fingerprint density at radius 2 is 1.79 bits per heavy atom. The number of benzene rings is 3. The van der Waals surface area contributed by atoms with Gasteiger partial charge in [0.1, 0.15) is 23.4 Å². The fourth-order valence-corrected chi connectivity index (χ4v) is 4.32. The standard InChI is InChI=1S/C30H28BrFN2O4/c1-20-6-5-7-21(16-20)18-37-19-28(34-29(35)26-17-22(32)10-15-27(26)31)30(36)33-23-11-13-25(14-12-23)38-24-8-3-2-4-9-24/h2-15,17,20,28H,16,18-19H2,1H3,(H,33,36)(H,34,35). The van der Waals surface area contributed by atoms with Crippen molar-refractivity contribution in [2.24, 2.45) is 5.92 Å². The molecule has 0 heterocycles. The largest absolute Gasteiger partial charge is 0.457 e. The molecular formula is C30H28BrFN2O4. The number of allylic oxidation sites excluding steroid dienone is 3. The van der Waals surface area contributed by atoms with Gasteiger partial charge in [-0.15, -0.1) is 0 Å². The topological polar surface area (TPSA) is 76.7 Å². The molecule has 6 nitrogen and oxygen atoms in total. The number of nitrogens with one attached hydrogen (secondary N) is 2. The van der Waals surface area contributed by atoms with E-state index in [1.807, 2.05) is 42.5 Å². The van der Waals surface area contributed by atoms with Crippen LogP contribution >= 0.6 is 15.9 Å². The van der Waals surface area contributed by atoms with E-state index in [0.29, 0.717) is 34.2 Å². The van der Waals surface area contributed by atoms with Gasteiger partial charge in [0.2, 0.25) is 5.91 Å². The molecule has 2 atom stereocenters. The van der Waals surface area contributed by atoms with Crippen LogP contribution in [-0.2, 0) is 9.53 Å². The van der Waals surface area contributed by atoms with Crippen LogP contribution < -0.4 is 15.4 Å². The van der Waals surface area contributed by atoms with Gasteiger partial charge < -0.3 is 20.1 Å². The summed E-state index contributed by atoms with van der Waals surface area (Å²) in [6, 6.07) is 19.0. The third kappa shape index (κ3) is 7.87. The highest BCUT2D eigenvalue weighted by Crippen LogP contribution is 2.23. The molecule has 0 aromatic heterocycles. The molecule has 2 N–H and O–H groups in total. The molecule has 0 bridgehead atoms. The number of amides is 2. The fourth-order valence-electron chi connectivity index (χ4n) is 3.90. The molecule has 196 valence electrons. The van der Waals surface area contributed by atoms with Crippen LogP contribution in [0.4, 0.5) is 10.1 Å². The van der Waals surface area contributed by atoms with Crippen molar-refractivity contribution in [2.45, 2.75) is 19.4 Å². The molecule has 4 rings (SSSR count). The first-order chi connectivity index (χ1) is 18.4. The van der Waals surface area contributed by atoms with Crippen LogP contribution in [0.2, 0.25) is 0 Å². The lowest BCUT2D eigenvalue weighted by molar-refractivity contribution is -0.119. The van der Waals surface area contributed by atoms with Crippen molar-refractivity contribution in [3.8, 4) is 11.5 Å². The second-order valence-corrected chi connectivity index (χ2v) is 9.84. The minimum absolute atomic E-state index is 0.0604. The van der Waals surface area contributed by atoms with E-state index in [0.717, 1.165) is 18.1 Å². The molecule has 1 aliphatic carbocycles. The summed E-state index contributed by atoms with van der Waals surface area (Å²) < 4.78 is 25.8. The van der Waals surface area contributed by atoms with Crippen LogP contribution in [0.3, 0.4) is 0 Å². The van der Waals surface area contributed by atoms with E-state index >= 15 is 0 Å². The molecule has 3 aromatic carbocycles. The molecule has 3 aromatic rings. The molecule has 0 spiro atoms. The fraction of sp³-hybridized carbons (Fsp3) is 0.200. The number of halogens is 2. The van der Waals surface area contributed by atoms with Crippen LogP contribution in [-0.4, -0.2) is 31.1 Å². The minimum atomic E-state index is -1.02. The van der Waals surface area contributed by atoms with Crippen molar-refractivity contribution >= 4 is 33.4 Å². The van der Waals surface area contributed by atoms with E-state index < -0.39 is 23.7 Å². The lowest BCUT2D eigenvalue weighted by atomic mass is 9.97. The smallest absolute Gasteiger partial charge is 0.253 e. The van der Waals surface area contributed by atoms with Crippen molar-refractivity contribution in [2.75, 3.05) is 18.5 Å². The number of rotatable bonds is 10. The predicted molar refractivity (Wildman–Crippen MR) is 149 cm³/mol. The maximum absolute atomic E-state index is 13.8. The van der Waals surface area contributed by atoms with E-state index in [-0.39, 0.29) is 12.2 Å². The van der Waals surface area contributed by atoms with E-state index in [2.05, 4.69) is 39.6 Å². The van der Waals surface area contributed by atoms with E-state index in [1.54, 1.807) is 24.3 Å². The summed E-state index contributed by atoms with van der Waals surface area (Å²) in [7, 11) is 0. The summed E-state index contributed by atoms with van der Waals surface area (Å²) in [6.07, 6.45) is 6.97. The monoisotopic (exact) mass is 578 g/mol. The van der Waals surface area contributed by atoms with Gasteiger partial charge >= 0.3 is 0 Å². The zero-order valence-electron chi connectivity index (χ0n) is 20.8. The quantitative estimate of drug-likeness (QED) is 0.282. The maximum atomic E-state index is 13.8. The molecule has 2 amide bonds. The number of para-hydroxylation sites is 1.